The lowest BCUT2D eigenvalue weighted by atomic mass is 9.85. The number of carbonyl (C=O) groups is 3. The molecule has 0 bridgehead atoms. The molecule has 14 nitrogen and oxygen atoms in total. The lowest BCUT2D eigenvalue weighted by Crippen LogP contribution is -2.57. The minimum Gasteiger partial charge on any atom is -0.391 e. The fraction of sp³-hybridized carbons (Fsp3) is 0.422. The zero-order chi connectivity index (χ0) is 44.0. The highest BCUT2D eigenvalue weighted by molar-refractivity contribution is 7.13. The number of aryl methyl sites for hydroxylation is 2. The topological polar surface area (TPSA) is 178 Å². The van der Waals surface area contributed by atoms with Crippen LogP contribution in [0.5, 0.6) is 0 Å². The van der Waals surface area contributed by atoms with Crippen molar-refractivity contribution in [2.45, 2.75) is 105 Å². The van der Waals surface area contributed by atoms with Crippen LogP contribution in [-0.2, 0) is 16.1 Å². The second-order valence-corrected chi connectivity index (χ2v) is 18.3. The maximum atomic E-state index is 14.2. The van der Waals surface area contributed by atoms with Gasteiger partial charge in [0.15, 0.2) is 0 Å². The predicted molar refractivity (Wildman–Crippen MR) is 243 cm³/mol. The molecule has 61 heavy (non-hydrogen) atoms. The number of nitrogens with one attached hydrogen (secondary N) is 5. The van der Waals surface area contributed by atoms with Crippen molar-refractivity contribution in [3.8, 4) is 10.4 Å². The summed E-state index contributed by atoms with van der Waals surface area (Å²) in [6.45, 7) is 16.6. The molecule has 3 aromatic heterocycles. The number of nitrogens with zero attached hydrogens (tertiary/aromatic N) is 5. The van der Waals surface area contributed by atoms with Gasteiger partial charge in [0.1, 0.15) is 17.7 Å². The largest absolute Gasteiger partial charge is 0.391 e. The number of para-hydroxylation sites is 1. The number of aliphatic hydroxyl groups excluding tert-OH is 1. The first kappa shape index (κ1) is 45.2. The molecular weight excluding hydrogens is 812 g/mol. The van der Waals surface area contributed by atoms with Crippen molar-refractivity contribution >= 4 is 63.7 Å². The Hall–Kier alpha value is -5.35. The first-order chi connectivity index (χ1) is 29.0. The fourth-order valence-corrected chi connectivity index (χ4v) is 8.35. The Morgan fingerprint density at radius 2 is 1.72 bits per heavy atom. The Bertz CT molecular complexity index is 2320. The monoisotopic (exact) mass is 868 g/mol. The molecule has 0 spiro atoms. The van der Waals surface area contributed by atoms with Crippen LogP contribution >= 0.6 is 22.9 Å². The van der Waals surface area contributed by atoms with Crippen LogP contribution in [0, 0.1) is 19.3 Å². The second-order valence-electron chi connectivity index (χ2n) is 17.0. The van der Waals surface area contributed by atoms with Gasteiger partial charge in [0.2, 0.25) is 11.8 Å². The average Bonchev–Trinajstić information content (AvgIpc) is 3.94. The smallest absolute Gasteiger partial charge is 0.253 e. The quantitative estimate of drug-likeness (QED) is 0.0581. The molecule has 1 unspecified atom stereocenters. The van der Waals surface area contributed by atoms with E-state index in [1.165, 1.54) is 4.90 Å². The maximum Gasteiger partial charge on any atom is 0.253 e. The molecule has 0 radical (unpaired) electrons. The number of amides is 3. The number of thiazole rings is 1. The molecule has 6 N–H and O–H groups in total. The summed E-state index contributed by atoms with van der Waals surface area (Å²) in [5.74, 6) is 0.528. The van der Waals surface area contributed by atoms with Crippen molar-refractivity contribution in [2.24, 2.45) is 5.41 Å². The summed E-state index contributed by atoms with van der Waals surface area (Å²) in [5.41, 5.74) is 6.73. The van der Waals surface area contributed by atoms with Gasteiger partial charge in [-0.3, -0.25) is 14.4 Å². The van der Waals surface area contributed by atoms with Gasteiger partial charge in [0.05, 0.1) is 62.1 Å². The van der Waals surface area contributed by atoms with E-state index in [4.69, 9.17) is 11.6 Å². The van der Waals surface area contributed by atoms with Crippen LogP contribution in [0.25, 0.3) is 10.4 Å². The molecule has 6 rings (SSSR count). The van der Waals surface area contributed by atoms with Gasteiger partial charge in [0.25, 0.3) is 5.91 Å². The minimum absolute atomic E-state index is 0.0694. The number of hydrogen-bond donors (Lipinski definition) is 6. The van der Waals surface area contributed by atoms with E-state index in [2.05, 4.69) is 55.5 Å². The van der Waals surface area contributed by atoms with Crippen molar-refractivity contribution in [1.29, 1.82) is 0 Å². The first-order valence-electron chi connectivity index (χ1n) is 20.6. The number of pyridine rings is 1. The third-order valence-corrected chi connectivity index (χ3v) is 11.9. The molecule has 5 aromatic rings. The summed E-state index contributed by atoms with van der Waals surface area (Å²) < 4.78 is 1.89. The number of aliphatic hydroxyl groups is 1. The van der Waals surface area contributed by atoms with Gasteiger partial charge in [-0.05, 0) is 76.3 Å². The first-order valence-corrected chi connectivity index (χ1v) is 21.9. The SMILES string of the molecule is Cc1cc(Nc2cc(Nc3ccccc3C(=O)NC(C)CCN[C@H](C(=O)N3C[C@H](O)C[C@H]3C(=O)NCc3ccc(-c4scnc4C)cc3)C(C)(C)C)c(Cl)cn2)n(C(C)C)n1. The Morgan fingerprint density at radius 1 is 0.984 bits per heavy atom. The predicted octanol–water partition coefficient (Wildman–Crippen LogP) is 7.53. The Morgan fingerprint density at radius 3 is 2.41 bits per heavy atom. The molecule has 16 heteroatoms. The molecule has 2 aromatic carbocycles. The van der Waals surface area contributed by atoms with Crippen LogP contribution < -0.4 is 26.6 Å². The molecule has 1 aliphatic heterocycles. The van der Waals surface area contributed by atoms with Crippen molar-refractivity contribution in [2.75, 3.05) is 23.7 Å². The van der Waals surface area contributed by atoms with E-state index in [0.29, 0.717) is 47.3 Å². The summed E-state index contributed by atoms with van der Waals surface area (Å²) in [5, 5.41) is 31.7. The normalized spacial score (nSPS) is 16.3. The summed E-state index contributed by atoms with van der Waals surface area (Å²) in [6.07, 6.45) is 1.42. The zero-order valence-electron chi connectivity index (χ0n) is 36.0. The lowest BCUT2D eigenvalue weighted by Gasteiger charge is -2.35. The van der Waals surface area contributed by atoms with E-state index in [9.17, 15) is 19.5 Å². The van der Waals surface area contributed by atoms with Gasteiger partial charge in [-0.15, -0.1) is 11.3 Å². The number of hydrogen-bond acceptors (Lipinski definition) is 11. The second kappa shape index (κ2) is 19.6. The fourth-order valence-electron chi connectivity index (χ4n) is 7.39. The number of β-amino-alcohol motifs (C(OH)–C–C–N with tert-alkyl or cyclic N) is 1. The van der Waals surface area contributed by atoms with Crippen molar-refractivity contribution in [1.82, 2.24) is 40.6 Å². The number of carbonyl (C=O) groups excluding carboxylic acids is 3. The molecule has 1 fully saturated rings. The van der Waals surface area contributed by atoms with E-state index in [1.807, 2.05) is 94.2 Å². The van der Waals surface area contributed by atoms with Gasteiger partial charge in [-0.1, -0.05) is 68.8 Å². The van der Waals surface area contributed by atoms with Gasteiger partial charge in [0, 0.05) is 43.7 Å². The van der Waals surface area contributed by atoms with E-state index in [-0.39, 0.29) is 42.8 Å². The highest BCUT2D eigenvalue weighted by Crippen LogP contribution is 2.32. The molecule has 324 valence electrons. The van der Waals surface area contributed by atoms with Crippen molar-refractivity contribution in [3.63, 3.8) is 0 Å². The Labute approximate surface area is 366 Å². The molecule has 4 heterocycles. The Balaban J connectivity index is 1.04. The van der Waals surface area contributed by atoms with Crippen molar-refractivity contribution < 1.29 is 19.5 Å². The molecule has 0 aliphatic carbocycles. The number of halogens is 1. The van der Waals surface area contributed by atoms with Gasteiger partial charge >= 0.3 is 0 Å². The van der Waals surface area contributed by atoms with Gasteiger partial charge < -0.3 is 36.6 Å². The van der Waals surface area contributed by atoms with E-state index in [0.717, 1.165) is 33.2 Å². The number of rotatable bonds is 16. The summed E-state index contributed by atoms with van der Waals surface area (Å²) in [4.78, 5) is 52.8. The molecule has 4 atom stereocenters. The number of aromatic nitrogens is 4. The summed E-state index contributed by atoms with van der Waals surface area (Å²) in [7, 11) is 0. The summed E-state index contributed by atoms with van der Waals surface area (Å²) >= 11 is 8.17. The average molecular weight is 870 g/mol. The number of anilines is 4. The molecule has 0 saturated carbocycles. The number of benzene rings is 2. The Kier molecular flexibility index (Phi) is 14.5. The molecule has 1 aliphatic rings. The standard InChI is InChI=1S/C45H57ClN10O4S/c1-26(2)56-39(19-28(4)54-56)53-38-21-36(34(46)23-48-38)52-35-12-10-9-11-33(35)42(58)51-27(3)17-18-47-41(45(6,7)8)44(60)55-24-32(57)20-37(55)43(59)49-22-30-13-15-31(16-14-30)40-29(5)50-25-61-40/h9-16,19,21,23,25-27,32,37,41,47,57H,17-18,20,22,24H2,1-8H3,(H,49,59)(H,51,58)(H2,48,52,53)/t27?,32-,37+,41-/m1/s1. The van der Waals surface area contributed by atoms with Crippen LogP contribution in [-0.4, -0.2) is 84.8 Å². The molecule has 1 saturated heterocycles. The van der Waals surface area contributed by atoms with Crippen LogP contribution in [0.15, 0.2) is 72.4 Å². The van der Waals surface area contributed by atoms with Crippen LogP contribution in [0.3, 0.4) is 0 Å². The molecular formula is C45H57ClN10O4S. The third kappa shape index (κ3) is 11.3. The minimum atomic E-state index is -0.812. The molecule has 3 amide bonds. The van der Waals surface area contributed by atoms with Gasteiger partial charge in [-0.25, -0.2) is 14.6 Å². The number of likely N-dealkylation sites (tertiary alicyclic amines) is 1. The lowest BCUT2D eigenvalue weighted by molar-refractivity contribution is -0.142. The zero-order valence-corrected chi connectivity index (χ0v) is 37.6. The van der Waals surface area contributed by atoms with Crippen molar-refractivity contribution in [3.05, 3.63) is 99.9 Å². The summed E-state index contributed by atoms with van der Waals surface area (Å²) in [6, 6.07) is 17.3. The highest BCUT2D eigenvalue weighted by Gasteiger charge is 2.43. The van der Waals surface area contributed by atoms with Gasteiger partial charge in [-0.2, -0.15) is 5.10 Å². The van der Waals surface area contributed by atoms with E-state index < -0.39 is 23.6 Å². The van der Waals surface area contributed by atoms with Crippen LogP contribution in [0.4, 0.5) is 23.0 Å². The van der Waals surface area contributed by atoms with Crippen LogP contribution in [0.1, 0.15) is 87.7 Å². The van der Waals surface area contributed by atoms with Crippen LogP contribution in [0.2, 0.25) is 5.02 Å². The highest BCUT2D eigenvalue weighted by atomic mass is 35.5. The third-order valence-electron chi connectivity index (χ3n) is 10.6. The van der Waals surface area contributed by atoms with E-state index >= 15 is 0 Å². The maximum absolute atomic E-state index is 14.2. The van der Waals surface area contributed by atoms with E-state index in [1.54, 1.807) is 35.7 Å².